The number of hydrazone groups is 1. The van der Waals surface area contributed by atoms with E-state index in [0.717, 1.165) is 11.4 Å². The fourth-order valence-electron chi connectivity index (χ4n) is 4.29. The maximum atomic E-state index is 12.6. The second-order valence-electron chi connectivity index (χ2n) is 7.51. The van der Waals surface area contributed by atoms with E-state index in [-0.39, 0.29) is 53.0 Å². The summed E-state index contributed by atoms with van der Waals surface area (Å²) in [4.78, 5) is 36.2. The molecule has 3 aliphatic rings. The van der Waals surface area contributed by atoms with Crippen LogP contribution in [0.5, 0.6) is 5.75 Å². The third-order valence-electron chi connectivity index (χ3n) is 5.37. The maximum absolute atomic E-state index is 12.6. The topological polar surface area (TPSA) is 102 Å². The largest absolute Gasteiger partial charge is 0.483 e. The lowest BCUT2D eigenvalue weighted by molar-refractivity contribution is -0.386. The highest BCUT2D eigenvalue weighted by molar-refractivity contribution is 9.10. The highest BCUT2D eigenvalue weighted by Gasteiger charge is 2.59. The SMILES string of the molecule is CC(C)Oc1c(Br)cc(C=NN2C(=O)C3C4C=CC(C4)C3C2=O)cc1[N+](=O)[O-]. The van der Waals surface area contributed by atoms with Crippen molar-refractivity contribution >= 4 is 39.6 Å². The van der Waals surface area contributed by atoms with Crippen molar-refractivity contribution in [3.05, 3.63) is 44.4 Å². The Morgan fingerprint density at radius 1 is 1.25 bits per heavy atom. The number of carbonyl (C=O) groups is 2. The highest BCUT2D eigenvalue weighted by Crippen LogP contribution is 2.52. The monoisotopic (exact) mass is 447 g/mol. The molecule has 2 fully saturated rings. The van der Waals surface area contributed by atoms with Gasteiger partial charge in [-0.2, -0.15) is 10.1 Å². The van der Waals surface area contributed by atoms with Crippen molar-refractivity contribution in [1.82, 2.24) is 5.01 Å². The van der Waals surface area contributed by atoms with Gasteiger partial charge < -0.3 is 4.74 Å². The number of carbonyl (C=O) groups excluding carboxylic acids is 2. The van der Waals surface area contributed by atoms with Crippen LogP contribution in [0.25, 0.3) is 0 Å². The molecule has 1 saturated carbocycles. The van der Waals surface area contributed by atoms with E-state index in [9.17, 15) is 19.7 Å². The molecule has 1 saturated heterocycles. The zero-order chi connectivity index (χ0) is 20.2. The summed E-state index contributed by atoms with van der Waals surface area (Å²) >= 11 is 3.29. The Bertz CT molecular complexity index is 912. The number of fused-ring (bicyclic) bond motifs is 5. The van der Waals surface area contributed by atoms with Gasteiger partial charge in [0.15, 0.2) is 0 Å². The molecule has 1 aliphatic heterocycles. The first-order valence-corrected chi connectivity index (χ1v) is 9.82. The minimum atomic E-state index is -0.542. The average Bonchev–Trinajstić information content (AvgIpc) is 3.29. The molecule has 0 N–H and O–H groups in total. The van der Waals surface area contributed by atoms with E-state index in [2.05, 4.69) is 21.0 Å². The molecular formula is C19H18BrN3O5. The number of hydrogen-bond donors (Lipinski definition) is 0. The molecule has 0 spiro atoms. The number of nitro groups is 1. The maximum Gasteiger partial charge on any atom is 0.312 e. The van der Waals surface area contributed by atoms with Crippen LogP contribution in [0, 0.1) is 33.8 Å². The number of amides is 2. The van der Waals surface area contributed by atoms with Crippen LogP contribution in [0.2, 0.25) is 0 Å². The summed E-state index contributed by atoms with van der Waals surface area (Å²) in [5, 5.41) is 16.4. The van der Waals surface area contributed by atoms with Gasteiger partial charge in [-0.25, -0.2) is 0 Å². The van der Waals surface area contributed by atoms with Gasteiger partial charge >= 0.3 is 5.69 Å². The lowest BCUT2D eigenvalue weighted by Gasteiger charge is -2.13. The van der Waals surface area contributed by atoms with E-state index >= 15 is 0 Å². The quantitative estimate of drug-likeness (QED) is 0.226. The number of nitro benzene ring substituents is 1. The molecule has 4 unspecified atom stereocenters. The number of benzene rings is 1. The fraction of sp³-hybridized carbons (Fsp3) is 0.421. The molecular weight excluding hydrogens is 430 g/mol. The Labute approximate surface area is 169 Å². The Balaban J connectivity index is 1.61. The summed E-state index contributed by atoms with van der Waals surface area (Å²) in [6, 6.07) is 2.91. The van der Waals surface area contributed by atoms with Crippen LogP contribution < -0.4 is 4.74 Å². The molecule has 0 radical (unpaired) electrons. The molecule has 2 bridgehead atoms. The molecule has 2 amide bonds. The van der Waals surface area contributed by atoms with E-state index in [1.807, 2.05) is 12.2 Å². The molecule has 2 aliphatic carbocycles. The Hall–Kier alpha value is -2.55. The third-order valence-corrected chi connectivity index (χ3v) is 5.95. The average molecular weight is 448 g/mol. The molecule has 0 aromatic heterocycles. The van der Waals surface area contributed by atoms with Gasteiger partial charge in [-0.1, -0.05) is 12.2 Å². The normalized spacial score (nSPS) is 28.1. The lowest BCUT2D eigenvalue weighted by atomic mass is 9.85. The molecule has 146 valence electrons. The van der Waals surface area contributed by atoms with Crippen LogP contribution in [0.3, 0.4) is 0 Å². The van der Waals surface area contributed by atoms with Gasteiger partial charge in [0.1, 0.15) is 0 Å². The first kappa shape index (κ1) is 18.8. The predicted molar refractivity (Wildman–Crippen MR) is 104 cm³/mol. The van der Waals surface area contributed by atoms with Gasteiger partial charge in [-0.15, -0.1) is 0 Å². The van der Waals surface area contributed by atoms with E-state index in [1.165, 1.54) is 12.3 Å². The van der Waals surface area contributed by atoms with E-state index in [4.69, 9.17) is 4.74 Å². The van der Waals surface area contributed by atoms with Crippen LogP contribution in [0.1, 0.15) is 25.8 Å². The Kier molecular flexibility index (Phi) is 4.57. The zero-order valence-electron chi connectivity index (χ0n) is 15.2. The molecule has 4 atom stereocenters. The van der Waals surface area contributed by atoms with Gasteiger partial charge in [-0.05, 0) is 54.1 Å². The van der Waals surface area contributed by atoms with Crippen LogP contribution in [0.4, 0.5) is 5.69 Å². The van der Waals surface area contributed by atoms with Crippen molar-refractivity contribution in [1.29, 1.82) is 0 Å². The summed E-state index contributed by atoms with van der Waals surface area (Å²) in [5.41, 5.74) is 0.163. The van der Waals surface area contributed by atoms with Crippen LogP contribution in [-0.4, -0.2) is 34.1 Å². The van der Waals surface area contributed by atoms with Gasteiger partial charge in [0, 0.05) is 11.6 Å². The fourth-order valence-corrected chi connectivity index (χ4v) is 4.85. The van der Waals surface area contributed by atoms with Crippen molar-refractivity contribution in [3.63, 3.8) is 0 Å². The van der Waals surface area contributed by atoms with Gasteiger partial charge in [0.05, 0.1) is 33.6 Å². The summed E-state index contributed by atoms with van der Waals surface area (Å²) in [6.45, 7) is 3.55. The smallest absolute Gasteiger partial charge is 0.312 e. The summed E-state index contributed by atoms with van der Waals surface area (Å²) in [6.07, 6.45) is 5.93. The van der Waals surface area contributed by atoms with Crippen LogP contribution >= 0.6 is 15.9 Å². The number of allylic oxidation sites excluding steroid dienone is 2. The van der Waals surface area contributed by atoms with Crippen molar-refractivity contribution in [2.24, 2.45) is 28.8 Å². The number of nitrogens with zero attached hydrogens (tertiary/aromatic N) is 3. The minimum absolute atomic E-state index is 0.106. The first-order chi connectivity index (χ1) is 13.3. The van der Waals surface area contributed by atoms with Crippen molar-refractivity contribution in [2.45, 2.75) is 26.4 Å². The van der Waals surface area contributed by atoms with Crippen LogP contribution in [-0.2, 0) is 9.59 Å². The molecule has 1 aromatic carbocycles. The van der Waals surface area contributed by atoms with Gasteiger partial charge in [-0.3, -0.25) is 19.7 Å². The summed E-state index contributed by atoms with van der Waals surface area (Å²) in [7, 11) is 0. The second-order valence-corrected chi connectivity index (χ2v) is 8.36. The number of rotatable bonds is 5. The van der Waals surface area contributed by atoms with Crippen molar-refractivity contribution in [3.8, 4) is 5.75 Å². The van der Waals surface area contributed by atoms with Crippen molar-refractivity contribution < 1.29 is 19.2 Å². The van der Waals surface area contributed by atoms with Gasteiger partial charge in [0.2, 0.25) is 5.75 Å². The van der Waals surface area contributed by atoms with Gasteiger partial charge in [0.25, 0.3) is 11.8 Å². The molecule has 28 heavy (non-hydrogen) atoms. The number of imide groups is 1. The van der Waals surface area contributed by atoms with Crippen molar-refractivity contribution in [2.75, 3.05) is 0 Å². The first-order valence-electron chi connectivity index (χ1n) is 9.02. The Morgan fingerprint density at radius 3 is 2.39 bits per heavy atom. The second kappa shape index (κ2) is 6.80. The molecule has 1 aromatic rings. The molecule has 1 heterocycles. The van der Waals surface area contributed by atoms with E-state index < -0.39 is 4.92 Å². The predicted octanol–water partition coefficient (Wildman–Crippen LogP) is 3.29. The number of halogens is 1. The number of hydrogen-bond acceptors (Lipinski definition) is 6. The molecule has 9 heteroatoms. The zero-order valence-corrected chi connectivity index (χ0v) is 16.8. The standard InChI is InChI=1S/C19H18BrN3O5/c1-9(2)28-17-13(20)5-10(6-14(17)23(26)27)8-21-22-18(24)15-11-3-4-12(7-11)16(15)19(22)25/h3-6,8-9,11-12,15-16H,7H2,1-2H3. The lowest BCUT2D eigenvalue weighted by Crippen LogP contribution is -2.28. The third kappa shape index (κ3) is 2.94. The summed E-state index contributed by atoms with van der Waals surface area (Å²) in [5.74, 6) is -0.913. The Morgan fingerprint density at radius 2 is 1.86 bits per heavy atom. The number of ether oxygens (including phenoxy) is 1. The van der Waals surface area contributed by atoms with E-state index in [1.54, 1.807) is 19.9 Å². The minimum Gasteiger partial charge on any atom is -0.483 e. The molecule has 4 rings (SSSR count). The summed E-state index contributed by atoms with van der Waals surface area (Å²) < 4.78 is 5.92. The van der Waals surface area contributed by atoms with Crippen LogP contribution in [0.15, 0.2) is 33.9 Å². The van der Waals surface area contributed by atoms with E-state index in [0.29, 0.717) is 10.0 Å². The highest BCUT2D eigenvalue weighted by atomic mass is 79.9. The molecule has 8 nitrogen and oxygen atoms in total.